The van der Waals surface area contributed by atoms with Gasteiger partial charge in [0.1, 0.15) is 5.69 Å². The molecule has 1 saturated carbocycles. The van der Waals surface area contributed by atoms with Crippen LogP contribution in [0.3, 0.4) is 0 Å². The van der Waals surface area contributed by atoms with Crippen molar-refractivity contribution in [3.63, 3.8) is 0 Å². The van der Waals surface area contributed by atoms with Gasteiger partial charge >= 0.3 is 0 Å². The summed E-state index contributed by atoms with van der Waals surface area (Å²) in [5, 5.41) is 10.1. The molecule has 104 valence electrons. The largest absolute Gasteiger partial charge is 0.349 e. The molecule has 19 heavy (non-hydrogen) atoms. The highest BCUT2D eigenvalue weighted by atomic mass is 16.1. The Balaban J connectivity index is 1.49. The number of H-pyrrole nitrogens is 1. The first kappa shape index (κ1) is 12.7. The molecule has 1 aliphatic heterocycles. The average molecular weight is 262 g/mol. The third-order valence-electron chi connectivity index (χ3n) is 4.17. The topological polar surface area (TPSA) is 61.0 Å². The van der Waals surface area contributed by atoms with Crippen LogP contribution < -0.4 is 5.32 Å². The maximum atomic E-state index is 12.0. The van der Waals surface area contributed by atoms with Crippen molar-refractivity contribution in [2.45, 2.75) is 44.6 Å². The Bertz CT molecular complexity index is 446. The number of hydrogen-bond acceptors (Lipinski definition) is 3. The molecule has 0 unspecified atom stereocenters. The molecule has 2 aliphatic rings. The molecule has 1 saturated heterocycles. The lowest BCUT2D eigenvalue weighted by Gasteiger charge is -2.23. The highest BCUT2D eigenvalue weighted by Crippen LogP contribution is 2.38. The van der Waals surface area contributed by atoms with Gasteiger partial charge in [-0.15, -0.1) is 0 Å². The van der Waals surface area contributed by atoms with E-state index in [2.05, 4.69) is 27.3 Å². The fourth-order valence-electron chi connectivity index (χ4n) is 2.70. The van der Waals surface area contributed by atoms with E-state index < -0.39 is 0 Å². The summed E-state index contributed by atoms with van der Waals surface area (Å²) in [6.07, 6.45) is 5.00. The zero-order chi connectivity index (χ0) is 13.2. The van der Waals surface area contributed by atoms with Crippen LogP contribution in [0.25, 0.3) is 0 Å². The lowest BCUT2D eigenvalue weighted by Crippen LogP contribution is -2.40. The highest BCUT2D eigenvalue weighted by Gasteiger charge is 2.26. The standard InChI is InChI=1S/C14H22N4O/c1-10(18-6-2-3-7-18)9-15-14(19)13-8-12(16-17-13)11-4-5-11/h8,10-11H,2-7,9H2,1H3,(H,15,19)(H,16,17)/t10-/m0/s1. The van der Waals surface area contributed by atoms with Crippen molar-refractivity contribution in [2.75, 3.05) is 19.6 Å². The number of aromatic amines is 1. The second-order valence-electron chi connectivity index (χ2n) is 5.78. The predicted molar refractivity (Wildman–Crippen MR) is 73.2 cm³/mol. The Labute approximate surface area is 113 Å². The van der Waals surface area contributed by atoms with Crippen LogP contribution in [0.15, 0.2) is 6.07 Å². The van der Waals surface area contributed by atoms with Crippen molar-refractivity contribution in [3.8, 4) is 0 Å². The van der Waals surface area contributed by atoms with E-state index in [0.29, 0.717) is 24.2 Å². The van der Waals surface area contributed by atoms with Crippen LogP contribution in [0.2, 0.25) is 0 Å². The van der Waals surface area contributed by atoms with Crippen molar-refractivity contribution in [1.29, 1.82) is 0 Å². The number of nitrogens with one attached hydrogen (secondary N) is 2. The molecule has 1 amide bonds. The van der Waals surface area contributed by atoms with Crippen LogP contribution in [0.5, 0.6) is 0 Å². The van der Waals surface area contributed by atoms with Crippen LogP contribution in [-0.4, -0.2) is 46.7 Å². The molecule has 5 nitrogen and oxygen atoms in total. The molecule has 0 aromatic carbocycles. The number of likely N-dealkylation sites (tertiary alicyclic amines) is 1. The molecule has 0 bridgehead atoms. The Morgan fingerprint density at radius 1 is 1.53 bits per heavy atom. The normalized spacial score (nSPS) is 21.5. The van der Waals surface area contributed by atoms with E-state index in [0.717, 1.165) is 18.8 Å². The number of nitrogens with zero attached hydrogens (tertiary/aromatic N) is 2. The minimum Gasteiger partial charge on any atom is -0.349 e. The third kappa shape index (κ3) is 2.97. The second kappa shape index (κ2) is 5.33. The van der Waals surface area contributed by atoms with Crippen LogP contribution in [-0.2, 0) is 0 Å². The summed E-state index contributed by atoms with van der Waals surface area (Å²) in [5.74, 6) is 0.548. The number of aromatic nitrogens is 2. The molecule has 1 aliphatic carbocycles. The first-order chi connectivity index (χ1) is 9.24. The van der Waals surface area contributed by atoms with Crippen molar-refractivity contribution < 1.29 is 4.79 Å². The Kier molecular flexibility index (Phi) is 3.55. The summed E-state index contributed by atoms with van der Waals surface area (Å²) in [7, 11) is 0. The van der Waals surface area contributed by atoms with Gasteiger partial charge in [0.25, 0.3) is 5.91 Å². The van der Waals surface area contributed by atoms with E-state index >= 15 is 0 Å². The van der Waals surface area contributed by atoms with Gasteiger partial charge in [0, 0.05) is 24.2 Å². The molecule has 5 heteroatoms. The van der Waals surface area contributed by atoms with Gasteiger partial charge in [0.05, 0.1) is 0 Å². The molecule has 1 aromatic rings. The van der Waals surface area contributed by atoms with Crippen molar-refractivity contribution in [1.82, 2.24) is 20.4 Å². The second-order valence-corrected chi connectivity index (χ2v) is 5.78. The fourth-order valence-corrected chi connectivity index (χ4v) is 2.70. The maximum absolute atomic E-state index is 12.0. The van der Waals surface area contributed by atoms with Gasteiger partial charge in [-0.25, -0.2) is 0 Å². The summed E-state index contributed by atoms with van der Waals surface area (Å²) in [5.41, 5.74) is 1.63. The van der Waals surface area contributed by atoms with Gasteiger partial charge < -0.3 is 5.32 Å². The van der Waals surface area contributed by atoms with Gasteiger partial charge in [-0.2, -0.15) is 5.10 Å². The van der Waals surface area contributed by atoms with Crippen molar-refractivity contribution in [3.05, 3.63) is 17.5 Å². The summed E-state index contributed by atoms with van der Waals surface area (Å²) >= 11 is 0. The minimum absolute atomic E-state index is 0.0609. The van der Waals surface area contributed by atoms with E-state index in [1.54, 1.807) is 0 Å². The predicted octanol–water partition coefficient (Wildman–Crippen LogP) is 1.50. The van der Waals surface area contributed by atoms with Crippen LogP contribution in [0.1, 0.15) is 54.7 Å². The van der Waals surface area contributed by atoms with Gasteiger partial charge in [-0.3, -0.25) is 14.8 Å². The number of amides is 1. The molecule has 1 atom stereocenters. The fraction of sp³-hybridized carbons (Fsp3) is 0.714. The Morgan fingerprint density at radius 3 is 2.95 bits per heavy atom. The SMILES string of the molecule is C[C@@H](CNC(=O)c1cc(C2CC2)[nH]n1)N1CCCC1. The van der Waals surface area contributed by atoms with Crippen LogP contribution in [0, 0.1) is 0 Å². The van der Waals surface area contributed by atoms with Gasteiger partial charge in [-0.05, 0) is 51.8 Å². The highest BCUT2D eigenvalue weighted by molar-refractivity contribution is 5.92. The molecular weight excluding hydrogens is 240 g/mol. The summed E-state index contributed by atoms with van der Waals surface area (Å²) in [6.45, 7) is 5.19. The van der Waals surface area contributed by atoms with Gasteiger partial charge in [-0.1, -0.05) is 0 Å². The molecular formula is C14H22N4O. The lowest BCUT2D eigenvalue weighted by molar-refractivity contribution is 0.0935. The third-order valence-corrected chi connectivity index (χ3v) is 4.17. The van der Waals surface area contributed by atoms with E-state index in [1.807, 2.05) is 6.07 Å². The van der Waals surface area contributed by atoms with Gasteiger partial charge in [0.2, 0.25) is 0 Å². The smallest absolute Gasteiger partial charge is 0.271 e. The van der Waals surface area contributed by atoms with Crippen molar-refractivity contribution >= 4 is 5.91 Å². The number of carbonyl (C=O) groups excluding carboxylic acids is 1. The number of carbonyl (C=O) groups is 1. The first-order valence-corrected chi connectivity index (χ1v) is 7.31. The van der Waals surface area contributed by atoms with E-state index in [9.17, 15) is 4.79 Å². The Morgan fingerprint density at radius 2 is 2.26 bits per heavy atom. The monoisotopic (exact) mass is 262 g/mol. The molecule has 2 N–H and O–H groups in total. The summed E-state index contributed by atoms with van der Waals surface area (Å²) in [4.78, 5) is 14.4. The first-order valence-electron chi connectivity index (χ1n) is 7.31. The van der Waals surface area contributed by atoms with E-state index in [1.165, 1.54) is 25.7 Å². The lowest BCUT2D eigenvalue weighted by atomic mass is 10.2. The molecule has 0 spiro atoms. The maximum Gasteiger partial charge on any atom is 0.271 e. The Hall–Kier alpha value is -1.36. The van der Waals surface area contributed by atoms with Gasteiger partial charge in [0.15, 0.2) is 0 Å². The molecule has 2 fully saturated rings. The molecule has 1 aromatic heterocycles. The zero-order valence-corrected chi connectivity index (χ0v) is 11.5. The van der Waals surface area contributed by atoms with Crippen LogP contribution >= 0.6 is 0 Å². The number of hydrogen-bond donors (Lipinski definition) is 2. The average Bonchev–Trinajstić information content (AvgIpc) is 2.96. The van der Waals surface area contributed by atoms with E-state index in [-0.39, 0.29) is 5.91 Å². The zero-order valence-electron chi connectivity index (χ0n) is 11.5. The van der Waals surface area contributed by atoms with E-state index in [4.69, 9.17) is 0 Å². The van der Waals surface area contributed by atoms with Crippen molar-refractivity contribution in [2.24, 2.45) is 0 Å². The minimum atomic E-state index is -0.0609. The van der Waals surface area contributed by atoms with Crippen LogP contribution in [0.4, 0.5) is 0 Å². The molecule has 2 heterocycles. The molecule has 3 rings (SSSR count). The summed E-state index contributed by atoms with van der Waals surface area (Å²) < 4.78 is 0. The summed E-state index contributed by atoms with van der Waals surface area (Å²) in [6, 6.07) is 2.31. The number of rotatable bonds is 5. The molecule has 0 radical (unpaired) electrons. The quantitative estimate of drug-likeness (QED) is 0.845.